The lowest BCUT2D eigenvalue weighted by molar-refractivity contribution is -0.180. The number of alkyl halides is 3. The van der Waals surface area contributed by atoms with Crippen molar-refractivity contribution in [3.05, 3.63) is 42.0 Å². The number of rotatable bonds is 3. The van der Waals surface area contributed by atoms with Gasteiger partial charge in [-0.15, -0.1) is 0 Å². The van der Waals surface area contributed by atoms with Gasteiger partial charge in [-0.05, 0) is 25.1 Å². The fourth-order valence-electron chi connectivity index (χ4n) is 1.75. The van der Waals surface area contributed by atoms with Crippen molar-refractivity contribution in [2.45, 2.75) is 19.3 Å². The van der Waals surface area contributed by atoms with E-state index in [4.69, 9.17) is 4.74 Å². The second kappa shape index (κ2) is 5.05. The highest BCUT2D eigenvalue weighted by atomic mass is 19.4. The number of amides is 1. The summed E-state index contributed by atoms with van der Waals surface area (Å²) < 4.78 is 41.1. The Balaban J connectivity index is 2.13. The summed E-state index contributed by atoms with van der Waals surface area (Å²) in [6.07, 6.45) is -2.91. The summed E-state index contributed by atoms with van der Waals surface area (Å²) in [6, 6.07) is 6.90. The highest BCUT2D eigenvalue weighted by molar-refractivity contribution is 6.04. The summed E-state index contributed by atoms with van der Waals surface area (Å²) in [4.78, 5) is 12.9. The van der Waals surface area contributed by atoms with Crippen molar-refractivity contribution in [2.75, 3.05) is 11.5 Å². The summed E-state index contributed by atoms with van der Waals surface area (Å²) in [7, 11) is 0. The molecule has 1 aromatic rings. The van der Waals surface area contributed by atoms with E-state index in [2.05, 4.69) is 0 Å². The lowest BCUT2D eigenvalue weighted by Crippen LogP contribution is -2.37. The molecule has 0 fully saturated rings. The molecular weight excluding hydrogens is 259 g/mol. The Bertz CT molecular complexity index is 494. The zero-order chi connectivity index (χ0) is 14.0. The molecule has 2 rings (SSSR count). The van der Waals surface area contributed by atoms with Crippen LogP contribution in [0, 0.1) is 6.92 Å². The average molecular weight is 271 g/mol. The summed E-state index contributed by atoms with van der Waals surface area (Å²) in [5, 5.41) is 0. The molecule has 1 heterocycles. The van der Waals surface area contributed by atoms with Gasteiger partial charge in [0.25, 0.3) is 5.91 Å². The number of nitrogens with zero attached hydrogens (tertiary/aromatic N) is 1. The lowest BCUT2D eigenvalue weighted by Gasteiger charge is -2.25. The quantitative estimate of drug-likeness (QED) is 0.846. The largest absolute Gasteiger partial charge is 0.411 e. The van der Waals surface area contributed by atoms with Gasteiger partial charge in [-0.1, -0.05) is 17.7 Å². The molecule has 1 aromatic carbocycles. The molecule has 1 amide bonds. The number of carbonyl (C=O) groups excluding carboxylic acids is 1. The molecule has 0 spiro atoms. The van der Waals surface area contributed by atoms with Gasteiger partial charge in [0.2, 0.25) is 0 Å². The zero-order valence-electron chi connectivity index (χ0n) is 10.1. The van der Waals surface area contributed by atoms with Crippen molar-refractivity contribution in [1.29, 1.82) is 0 Å². The Labute approximate surface area is 108 Å². The minimum absolute atomic E-state index is 0.393. The first kappa shape index (κ1) is 13.6. The first-order valence-electron chi connectivity index (χ1n) is 5.63. The van der Waals surface area contributed by atoms with Crippen molar-refractivity contribution in [1.82, 2.24) is 0 Å². The number of ether oxygens (including phenoxy) is 1. The van der Waals surface area contributed by atoms with Crippen LogP contribution in [0.15, 0.2) is 36.4 Å². The molecule has 0 aromatic heterocycles. The summed E-state index contributed by atoms with van der Waals surface area (Å²) in [6.45, 7) is 0.489. The minimum Gasteiger partial charge on any atom is -0.345 e. The number of benzene rings is 1. The first-order valence-corrected chi connectivity index (χ1v) is 5.63. The van der Waals surface area contributed by atoms with E-state index in [0.717, 1.165) is 5.56 Å². The second-order valence-electron chi connectivity index (χ2n) is 4.22. The van der Waals surface area contributed by atoms with Crippen LogP contribution in [0.2, 0.25) is 0 Å². The molecule has 102 valence electrons. The van der Waals surface area contributed by atoms with Gasteiger partial charge < -0.3 is 4.74 Å². The molecule has 19 heavy (non-hydrogen) atoms. The molecule has 0 saturated heterocycles. The topological polar surface area (TPSA) is 29.5 Å². The van der Waals surface area contributed by atoms with Crippen LogP contribution in [-0.4, -0.2) is 24.9 Å². The molecule has 0 radical (unpaired) electrons. The molecule has 1 aliphatic heterocycles. The van der Waals surface area contributed by atoms with Gasteiger partial charge in [0.15, 0.2) is 6.23 Å². The van der Waals surface area contributed by atoms with E-state index in [-0.39, 0.29) is 0 Å². The van der Waals surface area contributed by atoms with E-state index < -0.39 is 24.9 Å². The van der Waals surface area contributed by atoms with Gasteiger partial charge >= 0.3 is 6.18 Å². The molecule has 1 aliphatic rings. The van der Waals surface area contributed by atoms with Crippen molar-refractivity contribution < 1.29 is 22.7 Å². The molecule has 6 heteroatoms. The van der Waals surface area contributed by atoms with Crippen LogP contribution in [0.3, 0.4) is 0 Å². The maximum Gasteiger partial charge on any atom is 0.411 e. The van der Waals surface area contributed by atoms with Gasteiger partial charge in [-0.25, -0.2) is 0 Å². The van der Waals surface area contributed by atoms with Gasteiger partial charge in [0.1, 0.15) is 6.61 Å². The predicted octanol–water partition coefficient (Wildman–Crippen LogP) is 2.80. The standard InChI is InChI=1S/C13H12F3NO2/c1-9-2-4-10(5-3-9)17-11(18)6-7-12(17)19-8-13(14,15)16/h2-7,12H,8H2,1H3. The Kier molecular flexibility index (Phi) is 3.61. The van der Waals surface area contributed by atoms with E-state index in [1.165, 1.54) is 17.1 Å². The van der Waals surface area contributed by atoms with Crippen LogP contribution in [0.25, 0.3) is 0 Å². The third kappa shape index (κ3) is 3.35. The first-order chi connectivity index (χ1) is 8.87. The SMILES string of the molecule is Cc1ccc(N2C(=O)C=CC2OCC(F)(F)F)cc1. The molecule has 0 N–H and O–H groups in total. The average Bonchev–Trinajstić information content (AvgIpc) is 2.68. The van der Waals surface area contributed by atoms with E-state index in [9.17, 15) is 18.0 Å². The Morgan fingerprint density at radius 3 is 2.47 bits per heavy atom. The number of anilines is 1. The molecule has 0 saturated carbocycles. The second-order valence-corrected chi connectivity index (χ2v) is 4.22. The summed E-state index contributed by atoms with van der Waals surface area (Å²) >= 11 is 0. The van der Waals surface area contributed by atoms with Gasteiger partial charge in [0.05, 0.1) is 0 Å². The molecule has 0 aliphatic carbocycles. The van der Waals surface area contributed by atoms with Crippen LogP contribution >= 0.6 is 0 Å². The van der Waals surface area contributed by atoms with Crippen LogP contribution in [0.5, 0.6) is 0 Å². The number of hydrogen-bond acceptors (Lipinski definition) is 2. The molecule has 0 bridgehead atoms. The Hall–Kier alpha value is -1.82. The van der Waals surface area contributed by atoms with Crippen LogP contribution in [0.4, 0.5) is 18.9 Å². The van der Waals surface area contributed by atoms with Crippen molar-refractivity contribution >= 4 is 11.6 Å². The van der Waals surface area contributed by atoms with Crippen LogP contribution in [-0.2, 0) is 9.53 Å². The van der Waals surface area contributed by atoms with Crippen LogP contribution in [0.1, 0.15) is 5.56 Å². The van der Waals surface area contributed by atoms with E-state index >= 15 is 0 Å². The highest BCUT2D eigenvalue weighted by Crippen LogP contribution is 2.25. The number of hydrogen-bond donors (Lipinski definition) is 0. The third-order valence-corrected chi connectivity index (χ3v) is 2.63. The number of carbonyl (C=O) groups is 1. The highest BCUT2D eigenvalue weighted by Gasteiger charge is 2.33. The smallest absolute Gasteiger partial charge is 0.345 e. The van der Waals surface area contributed by atoms with Gasteiger partial charge in [-0.2, -0.15) is 13.2 Å². The van der Waals surface area contributed by atoms with E-state index in [1.807, 2.05) is 6.92 Å². The fraction of sp³-hybridized carbons (Fsp3) is 0.308. The normalized spacial score (nSPS) is 19.3. The van der Waals surface area contributed by atoms with Crippen molar-refractivity contribution in [2.24, 2.45) is 0 Å². The minimum atomic E-state index is -4.42. The van der Waals surface area contributed by atoms with Crippen molar-refractivity contribution in [3.8, 4) is 0 Å². The van der Waals surface area contributed by atoms with Gasteiger partial charge in [0, 0.05) is 11.8 Å². The molecular formula is C13H12F3NO2. The predicted molar refractivity (Wildman–Crippen MR) is 63.6 cm³/mol. The fourth-order valence-corrected chi connectivity index (χ4v) is 1.75. The maximum absolute atomic E-state index is 12.1. The third-order valence-electron chi connectivity index (χ3n) is 2.63. The molecule has 1 atom stereocenters. The zero-order valence-corrected chi connectivity index (χ0v) is 10.1. The number of halogens is 3. The van der Waals surface area contributed by atoms with Crippen LogP contribution < -0.4 is 4.90 Å². The van der Waals surface area contributed by atoms with Gasteiger partial charge in [-0.3, -0.25) is 9.69 Å². The maximum atomic E-state index is 12.1. The van der Waals surface area contributed by atoms with Crippen molar-refractivity contribution in [3.63, 3.8) is 0 Å². The summed E-state index contributed by atoms with van der Waals surface area (Å²) in [5.74, 6) is -0.393. The Morgan fingerprint density at radius 1 is 1.26 bits per heavy atom. The molecule has 1 unspecified atom stereocenters. The Morgan fingerprint density at radius 2 is 1.89 bits per heavy atom. The van der Waals surface area contributed by atoms with E-state index in [1.54, 1.807) is 24.3 Å². The monoisotopic (exact) mass is 271 g/mol. The molecule has 3 nitrogen and oxygen atoms in total. The summed E-state index contributed by atoms with van der Waals surface area (Å²) in [5.41, 5.74) is 1.50. The lowest BCUT2D eigenvalue weighted by atomic mass is 10.2. The van der Waals surface area contributed by atoms with E-state index in [0.29, 0.717) is 5.69 Å². The number of aryl methyl sites for hydroxylation is 1.